The molecule has 0 fully saturated rings. The minimum Gasteiger partial charge on any atom is -0.449 e. The Morgan fingerprint density at radius 2 is 2.00 bits per heavy atom. The van der Waals surface area contributed by atoms with Gasteiger partial charge in [0.05, 0.1) is 12.7 Å². The Hall–Kier alpha value is -3.00. The molecule has 0 bridgehead atoms. The molecule has 5 heteroatoms. The molecule has 20 heavy (non-hydrogen) atoms. The van der Waals surface area contributed by atoms with E-state index in [4.69, 9.17) is 14.1 Å². The molecule has 1 aromatic carbocycles. The molecule has 0 unspecified atom stereocenters. The number of anilines is 1. The number of benzene rings is 1. The molecule has 0 saturated carbocycles. The van der Waals surface area contributed by atoms with Crippen molar-refractivity contribution in [1.29, 1.82) is 5.26 Å². The zero-order valence-electron chi connectivity index (χ0n) is 10.5. The Bertz CT molecular complexity index is 721. The Labute approximate surface area is 115 Å². The van der Waals surface area contributed by atoms with Gasteiger partial charge in [0.15, 0.2) is 12.2 Å². The third-order valence-electron chi connectivity index (χ3n) is 2.84. The first-order chi connectivity index (χ1) is 9.85. The summed E-state index contributed by atoms with van der Waals surface area (Å²) in [4.78, 5) is 3.89. The maximum Gasteiger partial charge on any atom is 0.203 e. The zero-order valence-corrected chi connectivity index (χ0v) is 10.5. The molecule has 3 rings (SSSR count). The van der Waals surface area contributed by atoms with Crippen LogP contribution in [0.25, 0.3) is 11.3 Å². The van der Waals surface area contributed by atoms with E-state index in [-0.39, 0.29) is 0 Å². The van der Waals surface area contributed by atoms with E-state index >= 15 is 0 Å². The van der Waals surface area contributed by atoms with Gasteiger partial charge in [-0.2, -0.15) is 5.26 Å². The fourth-order valence-corrected chi connectivity index (χ4v) is 1.83. The first kappa shape index (κ1) is 12.1. The van der Waals surface area contributed by atoms with Crippen LogP contribution in [0.3, 0.4) is 0 Å². The number of oxazole rings is 1. The fraction of sp³-hybridized carbons (Fsp3) is 0.0667. The molecule has 0 aliphatic heterocycles. The van der Waals surface area contributed by atoms with E-state index < -0.39 is 0 Å². The number of hydrogen-bond donors (Lipinski definition) is 1. The van der Waals surface area contributed by atoms with Gasteiger partial charge in [0, 0.05) is 11.3 Å². The third-order valence-corrected chi connectivity index (χ3v) is 2.84. The molecule has 0 amide bonds. The molecule has 2 heterocycles. The van der Waals surface area contributed by atoms with Gasteiger partial charge in [-0.15, -0.1) is 0 Å². The first-order valence-electron chi connectivity index (χ1n) is 6.07. The van der Waals surface area contributed by atoms with Crippen molar-refractivity contribution >= 4 is 5.69 Å². The third kappa shape index (κ3) is 2.54. The highest BCUT2D eigenvalue weighted by molar-refractivity contribution is 5.60. The van der Waals surface area contributed by atoms with Crippen molar-refractivity contribution in [3.8, 4) is 17.4 Å². The molecule has 5 nitrogen and oxygen atoms in total. The lowest BCUT2D eigenvalue weighted by Crippen LogP contribution is -1.97. The molecule has 0 spiro atoms. The molecule has 3 aromatic rings. The van der Waals surface area contributed by atoms with Gasteiger partial charge in [-0.3, -0.25) is 0 Å². The van der Waals surface area contributed by atoms with Crippen LogP contribution in [0, 0.1) is 11.3 Å². The van der Waals surface area contributed by atoms with Crippen molar-refractivity contribution in [3.63, 3.8) is 0 Å². The van der Waals surface area contributed by atoms with E-state index in [1.165, 1.54) is 6.39 Å². The van der Waals surface area contributed by atoms with Gasteiger partial charge >= 0.3 is 0 Å². The van der Waals surface area contributed by atoms with Gasteiger partial charge in [0.2, 0.25) is 5.76 Å². The van der Waals surface area contributed by atoms with Gasteiger partial charge < -0.3 is 14.2 Å². The minimum absolute atomic E-state index is 0.322. The normalized spacial score (nSPS) is 10.2. The van der Waals surface area contributed by atoms with E-state index in [0.29, 0.717) is 12.3 Å². The summed E-state index contributed by atoms with van der Waals surface area (Å²) < 4.78 is 10.5. The van der Waals surface area contributed by atoms with Crippen LogP contribution in [0.5, 0.6) is 0 Å². The number of nitrogens with zero attached hydrogens (tertiary/aromatic N) is 2. The van der Waals surface area contributed by atoms with Crippen LogP contribution in [0.4, 0.5) is 5.69 Å². The Kier molecular flexibility index (Phi) is 3.21. The molecule has 1 N–H and O–H groups in total. The second-order valence-corrected chi connectivity index (χ2v) is 4.17. The summed E-state index contributed by atoms with van der Waals surface area (Å²) >= 11 is 0. The largest absolute Gasteiger partial charge is 0.449 e. The molecule has 0 atom stereocenters. The monoisotopic (exact) mass is 265 g/mol. The van der Waals surface area contributed by atoms with Crippen molar-refractivity contribution in [3.05, 3.63) is 60.5 Å². The van der Waals surface area contributed by atoms with Gasteiger partial charge in [-0.05, 0) is 36.4 Å². The van der Waals surface area contributed by atoms with Crippen molar-refractivity contribution in [1.82, 2.24) is 4.98 Å². The molecule has 98 valence electrons. The summed E-state index contributed by atoms with van der Waals surface area (Å²) in [6.07, 6.45) is 3.08. The Morgan fingerprint density at radius 3 is 2.65 bits per heavy atom. The van der Waals surface area contributed by atoms with Crippen LogP contribution in [0.1, 0.15) is 11.5 Å². The molecule has 0 aliphatic carbocycles. The smallest absolute Gasteiger partial charge is 0.203 e. The van der Waals surface area contributed by atoms with Gasteiger partial charge in [0.1, 0.15) is 11.8 Å². The average molecular weight is 265 g/mol. The zero-order chi connectivity index (χ0) is 13.8. The van der Waals surface area contributed by atoms with Gasteiger partial charge in [-0.1, -0.05) is 0 Å². The SMILES string of the molecule is N#Cc1ccc(CNc2ccc(-c3cnco3)cc2)o1. The van der Waals surface area contributed by atoms with Crippen LogP contribution < -0.4 is 5.32 Å². The van der Waals surface area contributed by atoms with Crippen LogP contribution in [0.2, 0.25) is 0 Å². The summed E-state index contributed by atoms with van der Waals surface area (Å²) in [5.41, 5.74) is 1.93. The predicted molar refractivity (Wildman–Crippen MR) is 72.7 cm³/mol. The van der Waals surface area contributed by atoms with Crippen molar-refractivity contribution in [2.45, 2.75) is 6.54 Å². The van der Waals surface area contributed by atoms with E-state index in [2.05, 4.69) is 10.3 Å². The minimum atomic E-state index is 0.322. The lowest BCUT2D eigenvalue weighted by Gasteiger charge is -2.04. The summed E-state index contributed by atoms with van der Waals surface area (Å²) in [6.45, 7) is 0.531. The van der Waals surface area contributed by atoms with E-state index in [9.17, 15) is 0 Å². The molecule has 0 radical (unpaired) electrons. The standard InChI is InChI=1S/C15H11N3O2/c16-7-13-5-6-14(20-13)8-18-12-3-1-11(2-4-12)15-9-17-10-19-15/h1-6,9-10,18H,8H2. The number of furan rings is 1. The van der Waals surface area contributed by atoms with E-state index in [1.54, 1.807) is 18.3 Å². The second kappa shape index (κ2) is 5.33. The Balaban J connectivity index is 1.65. The summed E-state index contributed by atoms with van der Waals surface area (Å²) in [6, 6.07) is 13.2. The van der Waals surface area contributed by atoms with Crippen molar-refractivity contribution < 1.29 is 8.83 Å². The highest BCUT2D eigenvalue weighted by Gasteiger charge is 2.03. The van der Waals surface area contributed by atoms with Gasteiger partial charge in [-0.25, -0.2) is 4.98 Å². The predicted octanol–water partition coefficient (Wildman–Crippen LogP) is 3.42. The van der Waals surface area contributed by atoms with E-state index in [1.807, 2.05) is 30.3 Å². The van der Waals surface area contributed by atoms with Gasteiger partial charge in [0.25, 0.3) is 0 Å². The molecule has 2 aromatic heterocycles. The van der Waals surface area contributed by atoms with E-state index in [0.717, 1.165) is 22.8 Å². The maximum absolute atomic E-state index is 8.68. The first-order valence-corrected chi connectivity index (χ1v) is 6.07. The van der Waals surface area contributed by atoms with Crippen LogP contribution >= 0.6 is 0 Å². The Morgan fingerprint density at radius 1 is 1.15 bits per heavy atom. The lowest BCUT2D eigenvalue weighted by atomic mass is 10.1. The fourth-order valence-electron chi connectivity index (χ4n) is 1.83. The number of nitrogens with one attached hydrogen (secondary N) is 1. The second-order valence-electron chi connectivity index (χ2n) is 4.17. The van der Waals surface area contributed by atoms with Crippen molar-refractivity contribution in [2.75, 3.05) is 5.32 Å². The topological polar surface area (TPSA) is 75.0 Å². The highest BCUT2D eigenvalue weighted by Crippen LogP contribution is 2.21. The van der Waals surface area contributed by atoms with Crippen LogP contribution in [0.15, 0.2) is 57.8 Å². The lowest BCUT2D eigenvalue weighted by molar-refractivity contribution is 0.506. The molecular weight excluding hydrogens is 254 g/mol. The van der Waals surface area contributed by atoms with Crippen molar-refractivity contribution in [2.24, 2.45) is 0 Å². The molecule has 0 aliphatic rings. The number of aromatic nitrogens is 1. The summed E-state index contributed by atoms with van der Waals surface area (Å²) in [5, 5.41) is 11.9. The van der Waals surface area contributed by atoms with Crippen LogP contribution in [-0.2, 0) is 6.54 Å². The number of nitriles is 1. The maximum atomic E-state index is 8.68. The molecular formula is C15H11N3O2. The average Bonchev–Trinajstić information content (AvgIpc) is 3.17. The summed E-state index contributed by atoms with van der Waals surface area (Å²) in [5.74, 6) is 1.78. The quantitative estimate of drug-likeness (QED) is 0.782. The number of rotatable bonds is 4. The molecule has 0 saturated heterocycles. The number of hydrogen-bond acceptors (Lipinski definition) is 5. The van der Waals surface area contributed by atoms with Crippen LogP contribution in [-0.4, -0.2) is 4.98 Å². The summed E-state index contributed by atoms with van der Waals surface area (Å²) in [7, 11) is 0. The highest BCUT2D eigenvalue weighted by atomic mass is 16.3.